The molecule has 8 nitrogen and oxygen atoms in total. The van der Waals surface area contributed by atoms with Gasteiger partial charge in [0, 0.05) is 18.2 Å². The normalized spacial score (nSPS) is 11.8. The Morgan fingerprint density at radius 1 is 1.00 bits per heavy atom. The Morgan fingerprint density at radius 2 is 1.67 bits per heavy atom. The second kappa shape index (κ2) is 9.86. The zero-order chi connectivity index (χ0) is 22.4. The quantitative estimate of drug-likeness (QED) is 0.497. The second-order valence-electron chi connectivity index (χ2n) is 6.66. The molecule has 0 heterocycles. The summed E-state index contributed by atoms with van der Waals surface area (Å²) in [6.07, 6.45) is 5.05. The average Bonchev–Trinajstić information content (AvgIpc) is 2.70. The first kappa shape index (κ1) is 23.6. The predicted octanol–water partition coefficient (Wildman–Crippen LogP) is 1.21. The van der Waals surface area contributed by atoms with Crippen molar-refractivity contribution in [1.29, 1.82) is 0 Å². The van der Waals surface area contributed by atoms with Crippen LogP contribution < -0.4 is 14.8 Å². The minimum atomic E-state index is -3.73. The number of carbonyl (C=O) groups is 1. The summed E-state index contributed by atoms with van der Waals surface area (Å²) in [5, 5.41) is 2.68. The molecular formula is C20H23N3O5S2. The summed E-state index contributed by atoms with van der Waals surface area (Å²) in [5.41, 5.74) is 0.865. The van der Waals surface area contributed by atoms with Gasteiger partial charge in [-0.2, -0.15) is 4.72 Å². The van der Waals surface area contributed by atoms with E-state index in [1.165, 1.54) is 36.4 Å². The summed E-state index contributed by atoms with van der Waals surface area (Å²) < 4.78 is 53.3. The van der Waals surface area contributed by atoms with E-state index in [4.69, 9.17) is 6.42 Å². The Balaban J connectivity index is 2.06. The van der Waals surface area contributed by atoms with Crippen LogP contribution in [0.4, 0.5) is 0 Å². The van der Waals surface area contributed by atoms with Crippen molar-refractivity contribution < 1.29 is 21.6 Å². The highest BCUT2D eigenvalue weighted by Crippen LogP contribution is 2.13. The van der Waals surface area contributed by atoms with Crippen LogP contribution in [0, 0.1) is 12.3 Å². The molecule has 0 radical (unpaired) electrons. The monoisotopic (exact) mass is 449 g/mol. The number of rotatable bonds is 9. The summed E-state index contributed by atoms with van der Waals surface area (Å²) in [6, 6.07) is 11.4. The summed E-state index contributed by atoms with van der Waals surface area (Å²) in [5.74, 6) is 1.76. The number of benzene rings is 2. The molecule has 0 unspecified atom stereocenters. The van der Waals surface area contributed by atoms with Gasteiger partial charge >= 0.3 is 0 Å². The van der Waals surface area contributed by atoms with Crippen molar-refractivity contribution in [1.82, 2.24) is 14.8 Å². The van der Waals surface area contributed by atoms with Gasteiger partial charge in [0.15, 0.2) is 0 Å². The molecule has 2 aromatic rings. The largest absolute Gasteiger partial charge is 0.348 e. The van der Waals surface area contributed by atoms with Crippen molar-refractivity contribution in [3.8, 4) is 12.3 Å². The molecule has 2 aromatic carbocycles. The van der Waals surface area contributed by atoms with Crippen LogP contribution in [0.1, 0.15) is 29.8 Å². The van der Waals surface area contributed by atoms with Crippen molar-refractivity contribution in [2.45, 2.75) is 36.2 Å². The molecule has 3 N–H and O–H groups in total. The third-order valence-corrected chi connectivity index (χ3v) is 6.92. The molecule has 0 aromatic heterocycles. The zero-order valence-electron chi connectivity index (χ0n) is 16.5. The number of sulfonamides is 2. The first-order valence-corrected chi connectivity index (χ1v) is 11.9. The Hall–Kier alpha value is -2.71. The van der Waals surface area contributed by atoms with E-state index in [0.717, 1.165) is 0 Å². The SMILES string of the molecule is C#CCNS(=O)(=O)c1ccc(C(=O)NCc2cccc(S(=O)(=O)NC(C)C)c2)cc1. The first-order valence-electron chi connectivity index (χ1n) is 8.98. The van der Waals surface area contributed by atoms with Gasteiger partial charge in [-0.05, 0) is 55.8 Å². The fourth-order valence-corrected chi connectivity index (χ4v) is 4.75. The van der Waals surface area contributed by atoms with Gasteiger partial charge in [-0.3, -0.25) is 4.79 Å². The van der Waals surface area contributed by atoms with E-state index >= 15 is 0 Å². The zero-order valence-corrected chi connectivity index (χ0v) is 18.2. The summed E-state index contributed by atoms with van der Waals surface area (Å²) in [4.78, 5) is 12.4. The maximum absolute atomic E-state index is 12.3. The first-order chi connectivity index (χ1) is 14.0. The highest BCUT2D eigenvalue weighted by atomic mass is 32.2. The average molecular weight is 450 g/mol. The van der Waals surface area contributed by atoms with Gasteiger partial charge in [0.1, 0.15) is 0 Å². The Kier molecular flexibility index (Phi) is 7.75. The predicted molar refractivity (Wildman–Crippen MR) is 114 cm³/mol. The molecule has 0 saturated heterocycles. The second-order valence-corrected chi connectivity index (χ2v) is 10.1. The van der Waals surface area contributed by atoms with E-state index < -0.39 is 26.0 Å². The van der Waals surface area contributed by atoms with Gasteiger partial charge in [0.25, 0.3) is 5.91 Å². The topological polar surface area (TPSA) is 121 Å². The van der Waals surface area contributed by atoms with Crippen molar-refractivity contribution in [3.63, 3.8) is 0 Å². The lowest BCUT2D eigenvalue weighted by atomic mass is 10.2. The number of hydrogen-bond acceptors (Lipinski definition) is 5. The molecule has 2 rings (SSSR count). The fraction of sp³-hybridized carbons (Fsp3) is 0.250. The number of nitrogens with one attached hydrogen (secondary N) is 3. The molecule has 0 aliphatic rings. The van der Waals surface area contributed by atoms with Crippen molar-refractivity contribution in [2.75, 3.05) is 6.54 Å². The van der Waals surface area contributed by atoms with Crippen LogP contribution in [0.3, 0.4) is 0 Å². The van der Waals surface area contributed by atoms with E-state index in [0.29, 0.717) is 5.56 Å². The van der Waals surface area contributed by atoms with E-state index in [9.17, 15) is 21.6 Å². The minimum absolute atomic E-state index is 0.00939. The smallest absolute Gasteiger partial charge is 0.251 e. The van der Waals surface area contributed by atoms with Gasteiger partial charge in [-0.15, -0.1) is 6.42 Å². The van der Waals surface area contributed by atoms with E-state index in [2.05, 4.69) is 20.7 Å². The van der Waals surface area contributed by atoms with E-state index in [1.54, 1.807) is 26.0 Å². The fourth-order valence-electron chi connectivity index (χ4n) is 2.49. The number of hydrogen-bond donors (Lipinski definition) is 3. The van der Waals surface area contributed by atoms with Crippen LogP contribution in [0.25, 0.3) is 0 Å². The number of terminal acetylenes is 1. The van der Waals surface area contributed by atoms with E-state index in [1.807, 2.05) is 0 Å². The van der Waals surface area contributed by atoms with Crippen LogP contribution >= 0.6 is 0 Å². The Labute approximate surface area is 177 Å². The standard InChI is InChI=1S/C20H23N3O5S2/c1-4-12-22-29(25,26)18-10-8-17(9-11-18)20(24)21-14-16-6-5-7-19(13-16)30(27,28)23-15(2)3/h1,5-11,13,15,22-23H,12,14H2,2-3H3,(H,21,24). The molecule has 0 aliphatic heterocycles. The van der Waals surface area contributed by atoms with Gasteiger partial charge in [-0.25, -0.2) is 21.6 Å². The van der Waals surface area contributed by atoms with Crippen molar-refractivity contribution in [3.05, 3.63) is 59.7 Å². The molecule has 0 fully saturated rings. The summed E-state index contributed by atoms with van der Waals surface area (Å²) >= 11 is 0. The summed E-state index contributed by atoms with van der Waals surface area (Å²) in [7, 11) is -7.37. The van der Waals surface area contributed by atoms with E-state index in [-0.39, 0.29) is 34.5 Å². The molecule has 0 atom stereocenters. The molecular weight excluding hydrogens is 426 g/mol. The number of carbonyl (C=O) groups excluding carboxylic acids is 1. The molecule has 30 heavy (non-hydrogen) atoms. The Morgan fingerprint density at radius 3 is 2.27 bits per heavy atom. The third kappa shape index (κ3) is 6.40. The van der Waals surface area contributed by atoms with Gasteiger partial charge in [0.05, 0.1) is 16.3 Å². The van der Waals surface area contributed by atoms with Crippen LogP contribution in [0.15, 0.2) is 58.3 Å². The maximum atomic E-state index is 12.3. The van der Waals surface area contributed by atoms with Crippen LogP contribution in [-0.2, 0) is 26.6 Å². The van der Waals surface area contributed by atoms with Gasteiger partial charge in [0.2, 0.25) is 20.0 Å². The molecule has 0 saturated carbocycles. The highest BCUT2D eigenvalue weighted by molar-refractivity contribution is 7.89. The lowest BCUT2D eigenvalue weighted by Crippen LogP contribution is -2.30. The van der Waals surface area contributed by atoms with Crippen LogP contribution in [-0.4, -0.2) is 35.3 Å². The van der Waals surface area contributed by atoms with Crippen LogP contribution in [0.5, 0.6) is 0 Å². The summed E-state index contributed by atoms with van der Waals surface area (Å²) in [6.45, 7) is 3.42. The number of amides is 1. The molecule has 1 amide bonds. The van der Waals surface area contributed by atoms with Crippen LogP contribution in [0.2, 0.25) is 0 Å². The molecule has 10 heteroatoms. The Bertz CT molecular complexity index is 1150. The van der Waals surface area contributed by atoms with Crippen molar-refractivity contribution in [2.24, 2.45) is 0 Å². The lowest BCUT2D eigenvalue weighted by molar-refractivity contribution is 0.0950. The molecule has 0 aliphatic carbocycles. The van der Waals surface area contributed by atoms with Crippen molar-refractivity contribution >= 4 is 26.0 Å². The minimum Gasteiger partial charge on any atom is -0.348 e. The van der Waals surface area contributed by atoms with Gasteiger partial charge in [-0.1, -0.05) is 18.1 Å². The third-order valence-electron chi connectivity index (χ3n) is 3.84. The van der Waals surface area contributed by atoms with Gasteiger partial charge < -0.3 is 5.32 Å². The molecule has 0 spiro atoms. The highest BCUT2D eigenvalue weighted by Gasteiger charge is 2.16. The maximum Gasteiger partial charge on any atom is 0.251 e. The molecule has 160 valence electrons. The molecule has 0 bridgehead atoms. The lowest BCUT2D eigenvalue weighted by Gasteiger charge is -2.11.